The van der Waals surface area contributed by atoms with Gasteiger partial charge in [-0.25, -0.2) is 8.78 Å². The van der Waals surface area contributed by atoms with E-state index in [9.17, 15) is 13.6 Å². The first kappa shape index (κ1) is 7.84. The molecule has 0 unspecified atom stereocenters. The van der Waals surface area contributed by atoms with Crippen LogP contribution in [0.2, 0.25) is 0 Å². The molecule has 1 aromatic heterocycles. The Bertz CT molecular complexity index is 246. The summed E-state index contributed by atoms with van der Waals surface area (Å²) in [6, 6.07) is 1.38. The number of halogens is 2. The van der Waals surface area contributed by atoms with Gasteiger partial charge in [0, 0.05) is 6.20 Å². The maximum atomic E-state index is 11.7. The van der Waals surface area contributed by atoms with E-state index in [0.717, 1.165) is 4.68 Å². The Balaban J connectivity index is 2.65. The van der Waals surface area contributed by atoms with E-state index in [-0.39, 0.29) is 5.69 Å². The van der Waals surface area contributed by atoms with Crippen LogP contribution < -0.4 is 0 Å². The molecule has 1 heterocycles. The van der Waals surface area contributed by atoms with Gasteiger partial charge >= 0.3 is 0 Å². The van der Waals surface area contributed by atoms with Gasteiger partial charge in [0.1, 0.15) is 12.2 Å². The third-order valence-electron chi connectivity index (χ3n) is 1.11. The van der Waals surface area contributed by atoms with Crippen LogP contribution in [0.5, 0.6) is 0 Å². The fourth-order valence-corrected chi connectivity index (χ4v) is 0.683. The molecule has 0 aliphatic carbocycles. The summed E-state index contributed by atoms with van der Waals surface area (Å²) in [6.07, 6.45) is -0.577. The van der Waals surface area contributed by atoms with Crippen LogP contribution in [0.3, 0.4) is 0 Å². The Kier molecular flexibility index (Phi) is 2.30. The highest BCUT2D eigenvalue weighted by molar-refractivity contribution is 5.71. The van der Waals surface area contributed by atoms with Gasteiger partial charge in [-0.15, -0.1) is 0 Å². The molecule has 0 N–H and O–H groups in total. The van der Waals surface area contributed by atoms with Crippen LogP contribution in [0.1, 0.15) is 10.5 Å². The van der Waals surface area contributed by atoms with Crippen molar-refractivity contribution in [3.05, 3.63) is 18.0 Å². The lowest BCUT2D eigenvalue weighted by molar-refractivity contribution is 0.110. The number of aldehydes is 1. The highest BCUT2D eigenvalue weighted by Gasteiger charge is 2.04. The molecule has 1 rings (SSSR count). The number of nitrogens with zero attached hydrogens (tertiary/aromatic N) is 2. The Morgan fingerprint density at radius 1 is 1.73 bits per heavy atom. The van der Waals surface area contributed by atoms with E-state index in [4.69, 9.17) is 0 Å². The summed E-state index contributed by atoms with van der Waals surface area (Å²) in [4.78, 5) is 10.0. The smallest absolute Gasteiger partial charge is 0.257 e. The van der Waals surface area contributed by atoms with Crippen molar-refractivity contribution in [1.29, 1.82) is 0 Å². The zero-order valence-electron chi connectivity index (χ0n) is 5.58. The Hall–Kier alpha value is -1.26. The number of alkyl halides is 2. The number of hydrogen-bond donors (Lipinski definition) is 0. The zero-order chi connectivity index (χ0) is 8.27. The summed E-state index contributed by atoms with van der Waals surface area (Å²) >= 11 is 0. The maximum Gasteiger partial charge on any atom is 0.257 e. The highest BCUT2D eigenvalue weighted by Crippen LogP contribution is 1.98. The first-order valence-electron chi connectivity index (χ1n) is 2.99. The van der Waals surface area contributed by atoms with Crippen LogP contribution >= 0.6 is 0 Å². The van der Waals surface area contributed by atoms with Crippen molar-refractivity contribution in [3.63, 3.8) is 0 Å². The van der Waals surface area contributed by atoms with Crippen molar-refractivity contribution in [3.8, 4) is 0 Å². The van der Waals surface area contributed by atoms with E-state index in [0.29, 0.717) is 6.29 Å². The lowest BCUT2D eigenvalue weighted by Gasteiger charge is -1.97. The molecule has 0 radical (unpaired) electrons. The average Bonchev–Trinajstić information content (AvgIpc) is 2.34. The predicted octanol–water partition coefficient (Wildman–Crippen LogP) is 0.961. The predicted molar refractivity (Wildman–Crippen MR) is 33.6 cm³/mol. The van der Waals surface area contributed by atoms with Gasteiger partial charge in [-0.05, 0) is 6.07 Å². The average molecular weight is 160 g/mol. The number of hydrogen-bond acceptors (Lipinski definition) is 2. The molecule has 11 heavy (non-hydrogen) atoms. The van der Waals surface area contributed by atoms with Crippen molar-refractivity contribution in [2.45, 2.75) is 13.0 Å². The second kappa shape index (κ2) is 3.23. The van der Waals surface area contributed by atoms with E-state index >= 15 is 0 Å². The monoisotopic (exact) mass is 160 g/mol. The van der Waals surface area contributed by atoms with Crippen LogP contribution in [-0.4, -0.2) is 22.5 Å². The molecule has 0 saturated heterocycles. The quantitative estimate of drug-likeness (QED) is 0.617. The summed E-state index contributed by atoms with van der Waals surface area (Å²) in [7, 11) is 0. The number of carbonyl (C=O) groups excluding carboxylic acids is 1. The third kappa shape index (κ3) is 2.10. The van der Waals surface area contributed by atoms with Gasteiger partial charge in [0.2, 0.25) is 0 Å². The molecule has 60 valence electrons. The normalized spacial score (nSPS) is 10.5. The minimum Gasteiger partial charge on any atom is -0.296 e. The van der Waals surface area contributed by atoms with Crippen LogP contribution in [0.25, 0.3) is 0 Å². The molecule has 0 saturated carbocycles. The van der Waals surface area contributed by atoms with E-state index in [2.05, 4.69) is 5.10 Å². The van der Waals surface area contributed by atoms with Crippen molar-refractivity contribution < 1.29 is 13.6 Å². The van der Waals surface area contributed by atoms with E-state index in [1.54, 1.807) is 0 Å². The Morgan fingerprint density at radius 2 is 2.45 bits per heavy atom. The van der Waals surface area contributed by atoms with Gasteiger partial charge in [0.15, 0.2) is 6.29 Å². The first-order chi connectivity index (χ1) is 5.22. The van der Waals surface area contributed by atoms with E-state index in [1.165, 1.54) is 12.3 Å². The molecule has 0 fully saturated rings. The van der Waals surface area contributed by atoms with Crippen molar-refractivity contribution >= 4 is 6.29 Å². The molecule has 3 nitrogen and oxygen atoms in total. The molecule has 5 heteroatoms. The third-order valence-corrected chi connectivity index (χ3v) is 1.11. The standard InChI is InChI=1S/C6H6F2N2O/c7-6(8)3-10-2-1-5(4-11)9-10/h1-2,4,6H,3H2. The molecular formula is C6H6F2N2O. The summed E-state index contributed by atoms with van der Waals surface area (Å²) < 4.78 is 24.4. The molecule has 0 amide bonds. The lowest BCUT2D eigenvalue weighted by atomic mass is 10.5. The summed E-state index contributed by atoms with van der Waals surface area (Å²) in [5.74, 6) is 0. The molecule has 0 aliphatic rings. The Morgan fingerprint density at radius 3 is 2.91 bits per heavy atom. The fourth-order valence-electron chi connectivity index (χ4n) is 0.683. The SMILES string of the molecule is O=Cc1ccn(CC(F)F)n1. The Labute approximate surface area is 61.6 Å². The van der Waals surface area contributed by atoms with Crippen LogP contribution in [0.4, 0.5) is 8.78 Å². The van der Waals surface area contributed by atoms with Crippen molar-refractivity contribution in [2.24, 2.45) is 0 Å². The van der Waals surface area contributed by atoms with Crippen LogP contribution in [0, 0.1) is 0 Å². The molecule has 0 atom stereocenters. The molecular weight excluding hydrogens is 154 g/mol. The second-order valence-corrected chi connectivity index (χ2v) is 1.97. The van der Waals surface area contributed by atoms with Gasteiger partial charge in [-0.1, -0.05) is 0 Å². The zero-order valence-corrected chi connectivity index (χ0v) is 5.58. The van der Waals surface area contributed by atoms with Crippen molar-refractivity contribution in [2.75, 3.05) is 0 Å². The van der Waals surface area contributed by atoms with Crippen LogP contribution in [0.15, 0.2) is 12.3 Å². The molecule has 0 aliphatic heterocycles. The molecule has 1 aromatic rings. The topological polar surface area (TPSA) is 34.9 Å². The lowest BCUT2D eigenvalue weighted by Crippen LogP contribution is -2.07. The molecule has 0 spiro atoms. The summed E-state index contributed by atoms with van der Waals surface area (Å²) in [5.41, 5.74) is 0.172. The molecule has 0 bridgehead atoms. The van der Waals surface area contributed by atoms with Gasteiger partial charge < -0.3 is 0 Å². The minimum atomic E-state index is -2.44. The van der Waals surface area contributed by atoms with Gasteiger partial charge in [-0.2, -0.15) is 5.10 Å². The number of rotatable bonds is 3. The van der Waals surface area contributed by atoms with E-state index < -0.39 is 13.0 Å². The fraction of sp³-hybridized carbons (Fsp3) is 0.333. The number of carbonyl (C=O) groups is 1. The van der Waals surface area contributed by atoms with E-state index in [1.807, 2.05) is 0 Å². The minimum absolute atomic E-state index is 0.172. The highest BCUT2D eigenvalue weighted by atomic mass is 19.3. The van der Waals surface area contributed by atoms with Gasteiger partial charge in [0.25, 0.3) is 6.43 Å². The first-order valence-corrected chi connectivity index (χ1v) is 2.99. The van der Waals surface area contributed by atoms with Gasteiger partial charge in [-0.3, -0.25) is 9.48 Å². The largest absolute Gasteiger partial charge is 0.296 e. The maximum absolute atomic E-state index is 11.7. The second-order valence-electron chi connectivity index (χ2n) is 1.97. The summed E-state index contributed by atoms with van der Waals surface area (Å²) in [6.45, 7) is -0.464. The number of aromatic nitrogens is 2. The summed E-state index contributed by atoms with van der Waals surface area (Å²) in [5, 5.41) is 3.54. The molecule has 0 aromatic carbocycles. The van der Waals surface area contributed by atoms with Crippen molar-refractivity contribution in [1.82, 2.24) is 9.78 Å². The van der Waals surface area contributed by atoms with Gasteiger partial charge in [0.05, 0.1) is 0 Å². The van der Waals surface area contributed by atoms with Crippen LogP contribution in [-0.2, 0) is 6.54 Å².